The van der Waals surface area contributed by atoms with Crippen LogP contribution in [0.3, 0.4) is 0 Å². The summed E-state index contributed by atoms with van der Waals surface area (Å²) < 4.78 is 1.78. The molecule has 1 amide bonds. The highest BCUT2D eigenvalue weighted by Crippen LogP contribution is 2.12. The fourth-order valence-corrected chi connectivity index (χ4v) is 2.43. The third-order valence-corrected chi connectivity index (χ3v) is 3.64. The molecule has 1 aromatic heterocycles. The van der Waals surface area contributed by atoms with Gasteiger partial charge in [-0.3, -0.25) is 4.79 Å². The van der Waals surface area contributed by atoms with Crippen LogP contribution in [0, 0.1) is 0 Å². The van der Waals surface area contributed by atoms with Crippen molar-refractivity contribution in [2.24, 2.45) is 0 Å². The van der Waals surface area contributed by atoms with Crippen molar-refractivity contribution < 1.29 is 4.79 Å². The second kappa shape index (κ2) is 6.92. The van der Waals surface area contributed by atoms with Crippen molar-refractivity contribution in [1.29, 1.82) is 0 Å². The minimum Gasteiger partial charge on any atom is -0.326 e. The number of nitrogens with zero attached hydrogens (tertiary/aromatic N) is 2. The second-order valence-electron chi connectivity index (χ2n) is 5.41. The number of aromatic nitrogens is 2. The molecule has 23 heavy (non-hydrogen) atoms. The summed E-state index contributed by atoms with van der Waals surface area (Å²) >= 11 is 0. The smallest absolute Gasteiger partial charge is 0.228 e. The molecule has 2 aromatic carbocycles. The van der Waals surface area contributed by atoms with Crippen LogP contribution in [0.4, 0.5) is 5.69 Å². The predicted octanol–water partition coefficient (Wildman–Crippen LogP) is 3.62. The van der Waals surface area contributed by atoms with Gasteiger partial charge in [0.1, 0.15) is 0 Å². The molecule has 0 aliphatic carbocycles. The van der Waals surface area contributed by atoms with Crippen LogP contribution >= 0.6 is 0 Å². The van der Waals surface area contributed by atoms with Crippen LogP contribution in [0.1, 0.15) is 18.1 Å². The monoisotopic (exact) mass is 305 g/mol. The highest BCUT2D eigenvalue weighted by molar-refractivity contribution is 5.92. The number of benzene rings is 2. The molecule has 0 radical (unpaired) electrons. The van der Waals surface area contributed by atoms with E-state index in [1.54, 1.807) is 10.9 Å². The molecule has 0 unspecified atom stereocenters. The Hall–Kier alpha value is -2.88. The number of aryl methyl sites for hydroxylation is 1. The van der Waals surface area contributed by atoms with Crippen molar-refractivity contribution in [3.05, 3.63) is 78.1 Å². The highest BCUT2D eigenvalue weighted by Gasteiger charge is 2.07. The summed E-state index contributed by atoms with van der Waals surface area (Å²) in [6.45, 7) is 2.10. The first kappa shape index (κ1) is 15.0. The molecule has 1 N–H and O–H groups in total. The number of nitrogens with one attached hydrogen (secondary N) is 1. The largest absolute Gasteiger partial charge is 0.326 e. The van der Waals surface area contributed by atoms with E-state index < -0.39 is 0 Å². The summed E-state index contributed by atoms with van der Waals surface area (Å²) in [5.41, 5.74) is 3.91. The van der Waals surface area contributed by atoms with E-state index in [1.165, 1.54) is 5.56 Å². The average molecular weight is 305 g/mol. The van der Waals surface area contributed by atoms with Crippen LogP contribution in [0.5, 0.6) is 0 Å². The highest BCUT2D eigenvalue weighted by atomic mass is 16.1. The van der Waals surface area contributed by atoms with Crippen molar-refractivity contribution in [1.82, 2.24) is 9.78 Å². The first-order chi connectivity index (χ1) is 11.2. The van der Waals surface area contributed by atoms with E-state index >= 15 is 0 Å². The number of amides is 1. The van der Waals surface area contributed by atoms with Gasteiger partial charge in [0.2, 0.25) is 5.91 Å². The topological polar surface area (TPSA) is 46.9 Å². The molecule has 0 spiro atoms. The molecular weight excluding hydrogens is 286 g/mol. The van der Waals surface area contributed by atoms with E-state index in [0.717, 1.165) is 23.4 Å². The normalized spacial score (nSPS) is 10.5. The molecule has 0 saturated heterocycles. The van der Waals surface area contributed by atoms with E-state index in [2.05, 4.69) is 23.4 Å². The Morgan fingerprint density at radius 3 is 2.70 bits per heavy atom. The second-order valence-corrected chi connectivity index (χ2v) is 5.41. The standard InChI is InChI=1S/C19H19N3O/c1-2-15-7-6-8-17(11-15)21-19(23)12-16-13-20-22(14-16)18-9-4-3-5-10-18/h3-11,13-14H,2,12H2,1H3,(H,21,23). The summed E-state index contributed by atoms with van der Waals surface area (Å²) in [5, 5.41) is 7.25. The van der Waals surface area contributed by atoms with Gasteiger partial charge in [-0.1, -0.05) is 37.3 Å². The van der Waals surface area contributed by atoms with Crippen molar-refractivity contribution in [3.8, 4) is 5.69 Å². The SMILES string of the molecule is CCc1cccc(NC(=O)Cc2cnn(-c3ccccc3)c2)c1. The average Bonchev–Trinajstić information content (AvgIpc) is 3.04. The van der Waals surface area contributed by atoms with Crippen molar-refractivity contribution >= 4 is 11.6 Å². The number of para-hydroxylation sites is 1. The fourth-order valence-electron chi connectivity index (χ4n) is 2.43. The first-order valence-electron chi connectivity index (χ1n) is 7.72. The van der Waals surface area contributed by atoms with Crippen LogP contribution in [0.2, 0.25) is 0 Å². The van der Waals surface area contributed by atoms with Gasteiger partial charge >= 0.3 is 0 Å². The van der Waals surface area contributed by atoms with Gasteiger partial charge in [-0.15, -0.1) is 0 Å². The Morgan fingerprint density at radius 1 is 1.09 bits per heavy atom. The van der Waals surface area contributed by atoms with E-state index in [4.69, 9.17) is 0 Å². The number of rotatable bonds is 5. The van der Waals surface area contributed by atoms with Gasteiger partial charge in [-0.25, -0.2) is 4.68 Å². The maximum Gasteiger partial charge on any atom is 0.228 e. The molecule has 0 aliphatic rings. The molecule has 0 atom stereocenters. The van der Waals surface area contributed by atoms with Gasteiger partial charge in [-0.2, -0.15) is 5.10 Å². The number of anilines is 1. The van der Waals surface area contributed by atoms with Gasteiger partial charge in [0, 0.05) is 11.9 Å². The summed E-state index contributed by atoms with van der Waals surface area (Å²) in [6, 6.07) is 17.8. The zero-order valence-corrected chi connectivity index (χ0v) is 13.1. The molecule has 0 aliphatic heterocycles. The summed E-state index contributed by atoms with van der Waals surface area (Å²) in [7, 11) is 0. The number of hydrogen-bond acceptors (Lipinski definition) is 2. The maximum atomic E-state index is 12.2. The Kier molecular flexibility index (Phi) is 4.52. The van der Waals surface area contributed by atoms with E-state index in [0.29, 0.717) is 6.42 Å². The lowest BCUT2D eigenvalue weighted by molar-refractivity contribution is -0.115. The lowest BCUT2D eigenvalue weighted by atomic mass is 10.1. The number of hydrogen-bond donors (Lipinski definition) is 1. The van der Waals surface area contributed by atoms with Gasteiger partial charge in [0.25, 0.3) is 0 Å². The lowest BCUT2D eigenvalue weighted by Gasteiger charge is -2.06. The van der Waals surface area contributed by atoms with Crippen LogP contribution in [-0.4, -0.2) is 15.7 Å². The fraction of sp³-hybridized carbons (Fsp3) is 0.158. The lowest BCUT2D eigenvalue weighted by Crippen LogP contribution is -2.14. The molecule has 4 heteroatoms. The minimum atomic E-state index is -0.0362. The summed E-state index contributed by atoms with van der Waals surface area (Å²) in [5.74, 6) is -0.0362. The number of carbonyl (C=O) groups is 1. The molecule has 3 rings (SSSR count). The number of carbonyl (C=O) groups excluding carboxylic acids is 1. The molecule has 0 bridgehead atoms. The summed E-state index contributed by atoms with van der Waals surface area (Å²) in [6.07, 6.45) is 4.88. The van der Waals surface area contributed by atoms with Gasteiger partial charge in [-0.05, 0) is 41.8 Å². The Labute approximate surface area is 135 Å². The first-order valence-corrected chi connectivity index (χ1v) is 7.72. The van der Waals surface area contributed by atoms with Crippen LogP contribution in [0.25, 0.3) is 5.69 Å². The van der Waals surface area contributed by atoms with Gasteiger partial charge < -0.3 is 5.32 Å². The van der Waals surface area contributed by atoms with Gasteiger partial charge in [0.05, 0.1) is 18.3 Å². The Bertz CT molecular complexity index is 793. The molecule has 0 saturated carbocycles. The zero-order valence-electron chi connectivity index (χ0n) is 13.1. The molecule has 0 fully saturated rings. The molecule has 4 nitrogen and oxygen atoms in total. The molecular formula is C19H19N3O. The Morgan fingerprint density at radius 2 is 1.91 bits per heavy atom. The van der Waals surface area contributed by atoms with Crippen LogP contribution in [0.15, 0.2) is 67.0 Å². The quantitative estimate of drug-likeness (QED) is 0.782. The predicted molar refractivity (Wildman–Crippen MR) is 91.7 cm³/mol. The van der Waals surface area contributed by atoms with Crippen molar-refractivity contribution in [2.45, 2.75) is 19.8 Å². The van der Waals surface area contributed by atoms with Crippen LogP contribution < -0.4 is 5.32 Å². The molecule has 116 valence electrons. The van der Waals surface area contributed by atoms with Crippen LogP contribution in [-0.2, 0) is 17.6 Å². The van der Waals surface area contributed by atoms with Crippen molar-refractivity contribution in [3.63, 3.8) is 0 Å². The third kappa shape index (κ3) is 3.86. The zero-order chi connectivity index (χ0) is 16.1. The van der Waals surface area contributed by atoms with Gasteiger partial charge in [0.15, 0.2) is 0 Å². The molecule has 1 heterocycles. The van der Waals surface area contributed by atoms with E-state index in [-0.39, 0.29) is 5.91 Å². The minimum absolute atomic E-state index is 0.0362. The van der Waals surface area contributed by atoms with Crippen molar-refractivity contribution in [2.75, 3.05) is 5.32 Å². The third-order valence-electron chi connectivity index (χ3n) is 3.64. The van der Waals surface area contributed by atoms with E-state index in [9.17, 15) is 4.79 Å². The molecule has 3 aromatic rings. The van der Waals surface area contributed by atoms with E-state index in [1.807, 2.05) is 54.7 Å². The summed E-state index contributed by atoms with van der Waals surface area (Å²) in [4.78, 5) is 12.2. The maximum absolute atomic E-state index is 12.2. The Balaban J connectivity index is 1.65.